The summed E-state index contributed by atoms with van der Waals surface area (Å²) in [5.41, 5.74) is 19.5. The molecule has 124 heavy (non-hydrogen) atoms. The predicted molar refractivity (Wildman–Crippen MR) is 460 cm³/mol. The maximum atomic E-state index is 14.4. The molecule has 610 valence electrons. The highest BCUT2D eigenvalue weighted by Gasteiger charge is 2.20. The quantitative estimate of drug-likeness (QED) is 0.0547. The highest BCUT2D eigenvalue weighted by atomic mass is 19.1. The number of imidazole rings is 4. The van der Waals surface area contributed by atoms with Crippen molar-refractivity contribution in [3.63, 3.8) is 0 Å². The lowest BCUT2D eigenvalue weighted by Gasteiger charge is -2.07. The Morgan fingerprint density at radius 1 is 0.355 bits per heavy atom. The van der Waals surface area contributed by atoms with Gasteiger partial charge in [0, 0.05) is 108 Å². The van der Waals surface area contributed by atoms with E-state index in [0.29, 0.717) is 93.8 Å². The van der Waals surface area contributed by atoms with Gasteiger partial charge in [0.25, 0.3) is 34.9 Å². The van der Waals surface area contributed by atoms with Gasteiger partial charge in [-0.1, -0.05) is 86.3 Å². The normalized spacial score (nSPS) is 10.9. The molecule has 20 aromatic rings. The number of nitrogens with two attached hydrogens (primary N) is 1. The number of fused-ring (bicyclic) bond motifs is 8. The van der Waals surface area contributed by atoms with Crippen molar-refractivity contribution in [2.24, 2.45) is 5.73 Å². The Hall–Kier alpha value is -16.8. The van der Waals surface area contributed by atoms with Gasteiger partial charge in [-0.15, -0.1) is 0 Å². The van der Waals surface area contributed by atoms with Crippen LogP contribution in [0.2, 0.25) is 0 Å². The van der Waals surface area contributed by atoms with E-state index in [9.17, 15) is 31.9 Å². The van der Waals surface area contributed by atoms with Crippen molar-refractivity contribution >= 4 is 90.2 Å². The lowest BCUT2D eigenvalue weighted by molar-refractivity contribution is 0.0691. The zero-order chi connectivity index (χ0) is 85.2. The molecule has 0 spiro atoms. The van der Waals surface area contributed by atoms with Gasteiger partial charge in [0.15, 0.2) is 0 Å². The van der Waals surface area contributed by atoms with Crippen molar-refractivity contribution in [2.75, 3.05) is 21.1 Å². The number of hydrogen-bond acceptors (Lipinski definition) is 20. The van der Waals surface area contributed by atoms with Crippen LogP contribution in [0.15, 0.2) is 268 Å². The molecule has 0 bridgehead atoms. The highest BCUT2D eigenvalue weighted by Crippen LogP contribution is 2.30. The average molecular weight is 1650 g/mol. The first-order valence-corrected chi connectivity index (χ1v) is 38.0. The number of aromatic carboxylic acids is 1. The number of pyridine rings is 4. The first-order valence-electron chi connectivity index (χ1n) is 38.0. The Morgan fingerprint density at radius 3 is 0.879 bits per heavy atom. The molecule has 0 unspecified atom stereocenters. The molecule has 0 aliphatic carbocycles. The summed E-state index contributed by atoms with van der Waals surface area (Å²) in [6.07, 6.45) is 22.6. The fraction of sp³-hybridized carbons (Fsp3) is 0.0870. The van der Waals surface area contributed by atoms with E-state index < -0.39 is 41.1 Å². The van der Waals surface area contributed by atoms with Crippen LogP contribution in [-0.4, -0.2) is 142 Å². The summed E-state index contributed by atoms with van der Waals surface area (Å²) in [4.78, 5) is 89.6. The monoisotopic (exact) mass is 1650 g/mol. The first-order chi connectivity index (χ1) is 60.0. The molecule has 0 fully saturated rings. The average Bonchev–Trinajstić information content (AvgIpc) is 1.66. The summed E-state index contributed by atoms with van der Waals surface area (Å²) < 4.78 is 63.5. The number of aromatic nitrogens is 20. The van der Waals surface area contributed by atoms with E-state index >= 15 is 0 Å². The first kappa shape index (κ1) is 82.3. The molecule has 8 aromatic carbocycles. The van der Waals surface area contributed by atoms with E-state index in [2.05, 4.69) is 126 Å². The molecule has 0 radical (unpaired) electrons. The molecule has 5 N–H and O–H groups in total. The number of carbonyl (C=O) groups excluding carboxylic acids is 2. The van der Waals surface area contributed by atoms with Gasteiger partial charge in [0.1, 0.15) is 46.0 Å². The molecule has 0 aliphatic heterocycles. The second-order valence-corrected chi connectivity index (χ2v) is 27.6. The number of nitrogens with one attached hydrogen (secondary N) is 2. The molecule has 2 amide bonds. The second kappa shape index (κ2) is 36.6. The number of amides is 2. The van der Waals surface area contributed by atoms with Gasteiger partial charge in [0.2, 0.25) is 5.69 Å². The largest absolute Gasteiger partial charge is 0.478 e. The molecule has 28 nitrogen and oxygen atoms in total. The minimum atomic E-state index is -1.32. The summed E-state index contributed by atoms with van der Waals surface area (Å²) in [6.45, 7) is 6.97. The summed E-state index contributed by atoms with van der Waals surface area (Å²) in [7, 11) is 4.42. The Labute approximate surface area is 702 Å². The standard InChI is InChI=1S/2C23H17FN6O.C22H13FN6.C22H14FN5O2.CH5N.CH4/c2*1-25-22(31)18-6-5-16(11-19(18)24)21-13-28-23-27-12-17(30(23)29-21)10-14-4-7-20-15(9-14)3-2-8-26-20;1-24-20-7-5-16(11-18(20)23)21-13-27-22-26-12-17(29(22)28-21)10-14-4-6-19-15(9-14)3-2-8-25-19;23-18-10-15(4-5-17(18)21(29)30)20-12-26-22-25-11-16(28(22)27-20)9-13-3-6-19-14(8-13)2-1-7-24-19;1-2;/h2*2-9,11-13H,10H2,1H3,(H,25,31);2-9,11-13H,10H2;1-8,10-12H,9H2,(H,29,30);2H2,1H3;1H4. The van der Waals surface area contributed by atoms with Crippen LogP contribution in [0, 0.1) is 29.8 Å². The maximum absolute atomic E-state index is 14.4. The van der Waals surface area contributed by atoms with Crippen molar-refractivity contribution in [1.82, 2.24) is 109 Å². The van der Waals surface area contributed by atoms with Crippen LogP contribution in [0.5, 0.6) is 0 Å². The van der Waals surface area contributed by atoms with Gasteiger partial charge in [-0.2, -0.15) is 20.4 Å². The fourth-order valence-electron chi connectivity index (χ4n) is 13.7. The van der Waals surface area contributed by atoms with E-state index in [4.69, 9.17) is 11.7 Å². The topological polar surface area (TPSA) is 350 Å². The number of carboxylic acid groups (broad SMARTS) is 1. The van der Waals surface area contributed by atoms with Gasteiger partial charge in [-0.05, 0) is 145 Å². The second-order valence-electron chi connectivity index (χ2n) is 27.6. The molecule has 32 heteroatoms. The number of hydrogen-bond donors (Lipinski definition) is 4. The van der Waals surface area contributed by atoms with Crippen LogP contribution in [-0.2, 0) is 25.7 Å². The molecular weight excluding hydrogens is 1580 g/mol. The Bertz CT molecular complexity index is 7280. The van der Waals surface area contributed by atoms with Crippen LogP contribution in [0.1, 0.15) is 83.5 Å². The van der Waals surface area contributed by atoms with E-state index in [1.165, 1.54) is 75.9 Å². The molecule has 0 atom stereocenters. The van der Waals surface area contributed by atoms with E-state index in [1.54, 1.807) is 104 Å². The van der Waals surface area contributed by atoms with Gasteiger partial charge in [0.05, 0.1) is 118 Å². The number of rotatable bonds is 15. The smallest absolute Gasteiger partial charge is 0.338 e. The third kappa shape index (κ3) is 17.8. The van der Waals surface area contributed by atoms with E-state index in [0.717, 1.165) is 94.7 Å². The Balaban J connectivity index is 0.000000127. The van der Waals surface area contributed by atoms with Crippen LogP contribution in [0.25, 0.3) is 117 Å². The zero-order valence-corrected chi connectivity index (χ0v) is 65.4. The predicted octanol–water partition coefficient (Wildman–Crippen LogP) is 15.5. The van der Waals surface area contributed by atoms with E-state index in [1.807, 2.05) is 97.1 Å². The number of halogens is 4. The minimum absolute atomic E-state index is 0. The van der Waals surface area contributed by atoms with Crippen molar-refractivity contribution < 1.29 is 37.1 Å². The van der Waals surface area contributed by atoms with Crippen molar-refractivity contribution in [1.29, 1.82) is 0 Å². The molecule has 0 saturated carbocycles. The molecule has 12 heterocycles. The lowest BCUT2D eigenvalue weighted by atomic mass is 10.1. The summed E-state index contributed by atoms with van der Waals surface area (Å²) >= 11 is 0. The lowest BCUT2D eigenvalue weighted by Crippen LogP contribution is -2.19. The number of nitrogens with zero attached hydrogens (tertiary/aromatic N) is 21. The van der Waals surface area contributed by atoms with Crippen LogP contribution >= 0.6 is 0 Å². The maximum Gasteiger partial charge on any atom is 0.338 e. The van der Waals surface area contributed by atoms with Gasteiger partial charge < -0.3 is 21.5 Å². The molecule has 20 rings (SSSR count). The van der Waals surface area contributed by atoms with Gasteiger partial charge >= 0.3 is 5.97 Å². The summed E-state index contributed by atoms with van der Waals surface area (Å²) in [5, 5.41) is 36.4. The van der Waals surface area contributed by atoms with Crippen molar-refractivity contribution in [3.05, 3.63) is 365 Å². The molecule has 12 aromatic heterocycles. The van der Waals surface area contributed by atoms with Crippen LogP contribution in [0.3, 0.4) is 0 Å². The third-order valence-corrected chi connectivity index (χ3v) is 19.7. The molecule has 0 saturated heterocycles. The Kier molecular flexibility index (Phi) is 24.3. The van der Waals surface area contributed by atoms with Crippen molar-refractivity contribution in [3.8, 4) is 45.0 Å². The minimum Gasteiger partial charge on any atom is -0.478 e. The number of benzene rings is 8. The van der Waals surface area contributed by atoms with Gasteiger partial charge in [-0.3, -0.25) is 29.5 Å². The van der Waals surface area contributed by atoms with Gasteiger partial charge in [-0.25, -0.2) is 85.1 Å². The number of carboxylic acids is 1. The summed E-state index contributed by atoms with van der Waals surface area (Å²) in [6, 6.07) is 57.1. The fourth-order valence-corrected chi connectivity index (χ4v) is 13.7. The summed E-state index contributed by atoms with van der Waals surface area (Å²) in [5.74, 6) is -3.07. The van der Waals surface area contributed by atoms with Crippen molar-refractivity contribution in [2.45, 2.75) is 33.1 Å². The van der Waals surface area contributed by atoms with Crippen LogP contribution < -0.4 is 16.4 Å². The SMILES string of the molecule is C.CN.CNC(=O)c1ccc(-c2cnc3ncc(Cc4ccc5ncccc5c4)n3n2)cc1F.CNC(=O)c1ccc(-c2cnc3ncc(Cc4ccc5ncccc5c4)n3n2)cc1F.O=C(O)c1ccc(-c2cnc3ncc(Cc4ccc5ncccc5c4)n3n2)cc1F.[C-]#[N+]c1ccc(-c2cnc3ncc(Cc4ccc5ncccc5c4)n3n2)cc1F. The highest BCUT2D eigenvalue weighted by molar-refractivity contribution is 5.95. The third-order valence-electron chi connectivity index (χ3n) is 19.7. The zero-order valence-electron chi connectivity index (χ0n) is 65.4. The molecular formula is C92H70F4N24O4. The van der Waals surface area contributed by atoms with Crippen LogP contribution in [0.4, 0.5) is 23.2 Å². The molecule has 0 aliphatic rings. The van der Waals surface area contributed by atoms with E-state index in [-0.39, 0.29) is 29.8 Å². The Morgan fingerprint density at radius 2 is 0.621 bits per heavy atom. The number of carbonyl (C=O) groups is 3.